The molecule has 0 fully saturated rings. The largest absolute Gasteiger partial charge is 0.493 e. The highest BCUT2D eigenvalue weighted by Crippen LogP contribution is 2.33. The molecule has 0 atom stereocenters. The molecule has 3 aromatic rings. The van der Waals surface area contributed by atoms with Crippen molar-refractivity contribution in [3.8, 4) is 22.8 Å². The summed E-state index contributed by atoms with van der Waals surface area (Å²) in [7, 11) is 1.60. The maximum absolute atomic E-state index is 12.8. The van der Waals surface area contributed by atoms with Crippen LogP contribution in [0.3, 0.4) is 0 Å². The van der Waals surface area contributed by atoms with Crippen LogP contribution < -0.4 is 14.4 Å². The highest BCUT2D eigenvalue weighted by atomic mass is 32.1. The van der Waals surface area contributed by atoms with Crippen LogP contribution in [0.25, 0.3) is 11.3 Å². The average molecular weight is 421 g/mol. The second-order valence-corrected chi connectivity index (χ2v) is 8.22. The van der Waals surface area contributed by atoms with E-state index in [4.69, 9.17) is 9.47 Å². The van der Waals surface area contributed by atoms with E-state index in [1.807, 2.05) is 43.3 Å². The third kappa shape index (κ3) is 4.09. The Bertz CT molecular complexity index is 1090. The van der Waals surface area contributed by atoms with E-state index in [1.54, 1.807) is 23.3 Å². The van der Waals surface area contributed by atoms with Gasteiger partial charge in [0.05, 0.1) is 17.8 Å². The summed E-state index contributed by atoms with van der Waals surface area (Å²) in [6.45, 7) is 6.38. The van der Waals surface area contributed by atoms with Gasteiger partial charge in [0.2, 0.25) is 0 Å². The Labute approximate surface area is 180 Å². The van der Waals surface area contributed by atoms with E-state index < -0.39 is 0 Å². The topological polar surface area (TPSA) is 51.7 Å². The highest BCUT2D eigenvalue weighted by Gasteiger charge is 2.25. The van der Waals surface area contributed by atoms with Crippen molar-refractivity contribution in [3.63, 3.8) is 0 Å². The number of thiazole rings is 1. The molecular formula is C24H24N2O3S. The van der Waals surface area contributed by atoms with E-state index in [0.717, 1.165) is 45.9 Å². The standard InChI is InChI=1S/C24H24N2O3S/c1-4-5-17-6-9-22(23(12-17)28-3)29-14-24(27)26-11-10-19-13-18(7-8-21(19)26)20-15-30-16(2)25-20/h4,6-9,12-13,15H,1,5,10-11,14H2,2-3H3. The lowest BCUT2D eigenvalue weighted by atomic mass is 10.1. The van der Waals surface area contributed by atoms with Gasteiger partial charge in [-0.15, -0.1) is 17.9 Å². The minimum absolute atomic E-state index is 0.0381. The summed E-state index contributed by atoms with van der Waals surface area (Å²) in [5.41, 5.74) is 5.28. The lowest BCUT2D eigenvalue weighted by Crippen LogP contribution is -2.33. The second-order valence-electron chi connectivity index (χ2n) is 7.16. The Morgan fingerprint density at radius 3 is 2.87 bits per heavy atom. The van der Waals surface area contributed by atoms with Crippen LogP contribution in [0.5, 0.6) is 11.5 Å². The summed E-state index contributed by atoms with van der Waals surface area (Å²) in [6.07, 6.45) is 3.42. The van der Waals surface area contributed by atoms with E-state index >= 15 is 0 Å². The number of aromatic nitrogens is 1. The van der Waals surface area contributed by atoms with E-state index in [9.17, 15) is 4.79 Å². The van der Waals surface area contributed by atoms with Crippen molar-refractivity contribution < 1.29 is 14.3 Å². The van der Waals surface area contributed by atoms with Crippen molar-refractivity contribution >= 4 is 22.9 Å². The molecule has 0 bridgehead atoms. The van der Waals surface area contributed by atoms with Crippen LogP contribution in [0.15, 0.2) is 54.4 Å². The van der Waals surface area contributed by atoms with Crippen LogP contribution >= 0.6 is 11.3 Å². The quantitative estimate of drug-likeness (QED) is 0.514. The van der Waals surface area contributed by atoms with E-state index in [2.05, 4.69) is 23.0 Å². The number of aryl methyl sites for hydroxylation is 1. The van der Waals surface area contributed by atoms with Crippen LogP contribution in [0.2, 0.25) is 0 Å². The number of nitrogens with zero attached hydrogens (tertiary/aromatic N) is 2. The fourth-order valence-corrected chi connectivity index (χ4v) is 4.28. The van der Waals surface area contributed by atoms with Gasteiger partial charge in [-0.05, 0) is 55.2 Å². The molecule has 0 aliphatic carbocycles. The zero-order valence-electron chi connectivity index (χ0n) is 17.2. The number of amides is 1. The minimum atomic E-state index is -0.0665. The normalized spacial score (nSPS) is 12.5. The predicted molar refractivity (Wildman–Crippen MR) is 121 cm³/mol. The third-order valence-corrected chi connectivity index (χ3v) is 5.92. The van der Waals surface area contributed by atoms with Crippen molar-refractivity contribution in [1.82, 2.24) is 4.98 Å². The first-order chi connectivity index (χ1) is 14.6. The average Bonchev–Trinajstić information content (AvgIpc) is 3.38. The Morgan fingerprint density at radius 1 is 1.27 bits per heavy atom. The van der Waals surface area contributed by atoms with Crippen molar-refractivity contribution in [1.29, 1.82) is 0 Å². The molecule has 6 heteroatoms. The lowest BCUT2D eigenvalue weighted by Gasteiger charge is -2.18. The first kappa shape index (κ1) is 20.2. The van der Waals surface area contributed by atoms with Crippen LogP contribution in [0.4, 0.5) is 5.69 Å². The number of anilines is 1. The van der Waals surface area contributed by atoms with Gasteiger partial charge in [-0.25, -0.2) is 4.98 Å². The van der Waals surface area contributed by atoms with Crippen molar-refractivity contribution in [2.75, 3.05) is 25.2 Å². The molecule has 2 aromatic carbocycles. The number of allylic oxidation sites excluding steroid dienone is 1. The summed E-state index contributed by atoms with van der Waals surface area (Å²) >= 11 is 1.64. The fraction of sp³-hybridized carbons (Fsp3) is 0.250. The maximum Gasteiger partial charge on any atom is 0.264 e. The van der Waals surface area contributed by atoms with Gasteiger partial charge in [0.25, 0.3) is 5.91 Å². The number of carbonyl (C=O) groups is 1. The number of fused-ring (bicyclic) bond motifs is 1. The number of ether oxygens (including phenoxy) is 2. The third-order valence-electron chi connectivity index (χ3n) is 5.15. The number of hydrogen-bond acceptors (Lipinski definition) is 5. The number of methoxy groups -OCH3 is 1. The smallest absolute Gasteiger partial charge is 0.264 e. The molecule has 1 aliphatic heterocycles. The van der Waals surface area contributed by atoms with E-state index in [-0.39, 0.29) is 12.5 Å². The second kappa shape index (κ2) is 8.71. The molecule has 30 heavy (non-hydrogen) atoms. The number of carbonyl (C=O) groups excluding carboxylic acids is 1. The van der Waals surface area contributed by atoms with Crippen LogP contribution in [-0.2, 0) is 17.6 Å². The van der Waals surface area contributed by atoms with Crippen molar-refractivity contribution in [2.24, 2.45) is 0 Å². The molecule has 0 unspecified atom stereocenters. The van der Waals surface area contributed by atoms with E-state index in [1.165, 1.54) is 0 Å². The molecule has 1 aromatic heterocycles. The number of benzene rings is 2. The SMILES string of the molecule is C=CCc1ccc(OCC(=O)N2CCc3cc(-c4csc(C)n4)ccc32)c(OC)c1. The maximum atomic E-state index is 12.8. The molecule has 0 radical (unpaired) electrons. The minimum Gasteiger partial charge on any atom is -0.493 e. The molecule has 5 nitrogen and oxygen atoms in total. The van der Waals surface area contributed by atoms with E-state index in [0.29, 0.717) is 18.0 Å². The highest BCUT2D eigenvalue weighted by molar-refractivity contribution is 7.09. The number of rotatable bonds is 7. The van der Waals surface area contributed by atoms with Crippen molar-refractivity contribution in [3.05, 3.63) is 70.6 Å². The summed E-state index contributed by atoms with van der Waals surface area (Å²) in [5.74, 6) is 1.11. The molecule has 0 N–H and O–H groups in total. The van der Waals surface area contributed by atoms with Gasteiger partial charge in [-0.1, -0.05) is 18.2 Å². The van der Waals surface area contributed by atoms with Gasteiger partial charge >= 0.3 is 0 Å². The molecule has 4 rings (SSSR count). The molecule has 1 aliphatic rings. The van der Waals surface area contributed by atoms with Gasteiger partial charge in [0.1, 0.15) is 0 Å². The van der Waals surface area contributed by atoms with Crippen LogP contribution in [0, 0.1) is 6.92 Å². The van der Waals surface area contributed by atoms with Gasteiger partial charge in [-0.3, -0.25) is 4.79 Å². The Morgan fingerprint density at radius 2 is 2.13 bits per heavy atom. The van der Waals surface area contributed by atoms with Gasteiger partial charge in [0, 0.05) is 23.2 Å². The predicted octanol–water partition coefficient (Wildman–Crippen LogP) is 4.82. The first-order valence-electron chi connectivity index (χ1n) is 9.85. The molecule has 0 spiro atoms. The summed E-state index contributed by atoms with van der Waals surface area (Å²) in [5, 5.41) is 3.11. The molecule has 1 amide bonds. The first-order valence-corrected chi connectivity index (χ1v) is 10.7. The summed E-state index contributed by atoms with van der Waals surface area (Å²) in [6, 6.07) is 11.9. The Balaban J connectivity index is 1.45. The zero-order valence-corrected chi connectivity index (χ0v) is 18.0. The zero-order chi connectivity index (χ0) is 21.1. The Kier molecular flexibility index (Phi) is 5.86. The van der Waals surface area contributed by atoms with Gasteiger partial charge < -0.3 is 14.4 Å². The lowest BCUT2D eigenvalue weighted by molar-refractivity contribution is -0.120. The fourth-order valence-electron chi connectivity index (χ4n) is 3.66. The van der Waals surface area contributed by atoms with Crippen LogP contribution in [-0.4, -0.2) is 31.2 Å². The van der Waals surface area contributed by atoms with Gasteiger partial charge in [-0.2, -0.15) is 0 Å². The van der Waals surface area contributed by atoms with Crippen LogP contribution in [0.1, 0.15) is 16.1 Å². The van der Waals surface area contributed by atoms with Crippen molar-refractivity contribution in [2.45, 2.75) is 19.8 Å². The molecule has 0 saturated heterocycles. The Hall–Kier alpha value is -3.12. The number of hydrogen-bond donors (Lipinski definition) is 0. The molecule has 0 saturated carbocycles. The monoisotopic (exact) mass is 420 g/mol. The molecule has 2 heterocycles. The summed E-state index contributed by atoms with van der Waals surface area (Å²) < 4.78 is 11.2. The molecule has 154 valence electrons. The molecular weight excluding hydrogens is 396 g/mol. The summed E-state index contributed by atoms with van der Waals surface area (Å²) in [4.78, 5) is 19.2. The van der Waals surface area contributed by atoms with Gasteiger partial charge in [0.15, 0.2) is 18.1 Å².